The van der Waals surface area contributed by atoms with Gasteiger partial charge in [-0.3, -0.25) is 13.9 Å². The molecule has 7 nitrogen and oxygen atoms in total. The molecule has 0 aromatic heterocycles. The minimum Gasteiger partial charge on any atom is -0.352 e. The van der Waals surface area contributed by atoms with Crippen molar-refractivity contribution < 1.29 is 18.0 Å². The lowest BCUT2D eigenvalue weighted by Crippen LogP contribution is -2.53. The molecule has 11 heteroatoms. The third-order valence-electron chi connectivity index (χ3n) is 7.45. The van der Waals surface area contributed by atoms with Crippen LogP contribution < -0.4 is 9.62 Å². The van der Waals surface area contributed by atoms with Gasteiger partial charge in [-0.25, -0.2) is 8.42 Å². The molecule has 1 aliphatic rings. The van der Waals surface area contributed by atoms with E-state index in [-0.39, 0.29) is 29.1 Å². The van der Waals surface area contributed by atoms with Crippen LogP contribution in [0.25, 0.3) is 0 Å². The second kappa shape index (κ2) is 14.1. The smallest absolute Gasteiger partial charge is 0.264 e. The number of nitrogens with zero attached hydrogens (tertiary/aromatic N) is 2. The van der Waals surface area contributed by atoms with Crippen molar-refractivity contribution in [2.24, 2.45) is 0 Å². The lowest BCUT2D eigenvalue weighted by Gasteiger charge is -2.34. The highest BCUT2D eigenvalue weighted by atomic mass is 35.5. The van der Waals surface area contributed by atoms with Gasteiger partial charge in [-0.1, -0.05) is 78.3 Å². The number of carbonyl (C=O) groups is 2. The van der Waals surface area contributed by atoms with Gasteiger partial charge in [-0.15, -0.1) is 0 Å². The zero-order valence-corrected chi connectivity index (χ0v) is 26.6. The second-order valence-electron chi connectivity index (χ2n) is 10.5. The lowest BCUT2D eigenvalue weighted by molar-refractivity contribution is -0.140. The molecule has 1 atom stereocenters. The van der Waals surface area contributed by atoms with Crippen molar-refractivity contribution in [2.75, 3.05) is 10.8 Å². The van der Waals surface area contributed by atoms with E-state index in [1.54, 1.807) is 54.6 Å². The first kappa shape index (κ1) is 32.1. The number of halogens is 3. The summed E-state index contributed by atoms with van der Waals surface area (Å²) in [6, 6.07) is 16.8. The van der Waals surface area contributed by atoms with Crippen molar-refractivity contribution >= 4 is 62.3 Å². The molecule has 0 unspecified atom stereocenters. The number of amides is 2. The monoisotopic (exact) mass is 649 g/mol. The molecule has 42 heavy (non-hydrogen) atoms. The van der Waals surface area contributed by atoms with Gasteiger partial charge < -0.3 is 10.2 Å². The number of sulfonamides is 1. The summed E-state index contributed by atoms with van der Waals surface area (Å²) in [5, 5.41) is 4.29. The average molecular weight is 651 g/mol. The SMILES string of the molecule is CC[C@@H](C(=O)NC1CCCC1)N(Cc1ccc(Cl)cc1Cl)C(=O)CN(c1ccc(Cl)cc1)S(=O)(=O)c1ccc(C)cc1. The van der Waals surface area contributed by atoms with Crippen molar-refractivity contribution in [1.82, 2.24) is 10.2 Å². The molecule has 1 aliphatic carbocycles. The van der Waals surface area contributed by atoms with E-state index >= 15 is 0 Å². The van der Waals surface area contributed by atoms with E-state index in [1.807, 2.05) is 13.8 Å². The predicted octanol–water partition coefficient (Wildman–Crippen LogP) is 7.02. The average Bonchev–Trinajstić information content (AvgIpc) is 3.46. The molecule has 0 bridgehead atoms. The van der Waals surface area contributed by atoms with Crippen molar-refractivity contribution in [1.29, 1.82) is 0 Å². The molecule has 1 saturated carbocycles. The van der Waals surface area contributed by atoms with Crippen LogP contribution in [0.4, 0.5) is 5.69 Å². The Kier molecular flexibility index (Phi) is 10.8. The fraction of sp³-hybridized carbons (Fsp3) is 0.355. The van der Waals surface area contributed by atoms with Crippen molar-refractivity contribution in [2.45, 2.75) is 69.5 Å². The third kappa shape index (κ3) is 7.78. The van der Waals surface area contributed by atoms with Crippen molar-refractivity contribution in [3.05, 3.63) is 92.9 Å². The van der Waals surface area contributed by atoms with Crippen LogP contribution in [0.3, 0.4) is 0 Å². The minimum atomic E-state index is -4.17. The largest absolute Gasteiger partial charge is 0.352 e. The molecule has 0 spiro atoms. The molecule has 2 amide bonds. The Labute approximate surface area is 262 Å². The van der Waals surface area contributed by atoms with E-state index in [4.69, 9.17) is 34.8 Å². The number of nitrogens with one attached hydrogen (secondary N) is 1. The van der Waals surface area contributed by atoms with E-state index < -0.39 is 28.5 Å². The molecule has 3 aromatic carbocycles. The molecule has 224 valence electrons. The first-order valence-electron chi connectivity index (χ1n) is 13.9. The van der Waals surface area contributed by atoms with Gasteiger partial charge in [-0.05, 0) is 80.3 Å². The van der Waals surface area contributed by atoms with Gasteiger partial charge in [0.25, 0.3) is 10.0 Å². The van der Waals surface area contributed by atoms with Crippen LogP contribution in [-0.2, 0) is 26.2 Å². The Bertz CT molecular complexity index is 1510. The number of hydrogen-bond donors (Lipinski definition) is 1. The van der Waals surface area contributed by atoms with Gasteiger partial charge in [0, 0.05) is 27.7 Å². The Morgan fingerprint density at radius 3 is 2.14 bits per heavy atom. The first-order chi connectivity index (χ1) is 20.0. The maximum atomic E-state index is 14.2. The van der Waals surface area contributed by atoms with E-state index in [2.05, 4.69) is 5.32 Å². The van der Waals surface area contributed by atoms with E-state index in [9.17, 15) is 18.0 Å². The summed E-state index contributed by atoms with van der Waals surface area (Å²) in [6.45, 7) is 3.13. The molecule has 0 saturated heterocycles. The van der Waals surface area contributed by atoms with Crippen molar-refractivity contribution in [3.8, 4) is 0 Å². The summed E-state index contributed by atoms with van der Waals surface area (Å²) in [5.41, 5.74) is 1.75. The lowest BCUT2D eigenvalue weighted by atomic mass is 10.1. The fourth-order valence-electron chi connectivity index (χ4n) is 5.09. The van der Waals surface area contributed by atoms with Crippen LogP contribution >= 0.6 is 34.8 Å². The van der Waals surface area contributed by atoms with Crippen LogP contribution in [0.1, 0.15) is 50.2 Å². The van der Waals surface area contributed by atoms with Crippen LogP contribution in [-0.4, -0.2) is 43.8 Å². The molecule has 0 radical (unpaired) electrons. The molecule has 1 fully saturated rings. The highest BCUT2D eigenvalue weighted by molar-refractivity contribution is 7.92. The molecule has 0 heterocycles. The van der Waals surface area contributed by atoms with Gasteiger partial charge in [0.15, 0.2) is 0 Å². The number of rotatable bonds is 11. The van der Waals surface area contributed by atoms with Gasteiger partial charge in [0.05, 0.1) is 10.6 Å². The summed E-state index contributed by atoms with van der Waals surface area (Å²) < 4.78 is 28.9. The van der Waals surface area contributed by atoms with Crippen LogP contribution in [0.5, 0.6) is 0 Å². The fourth-order valence-corrected chi connectivity index (χ4v) is 7.10. The minimum absolute atomic E-state index is 0.00946. The number of carbonyl (C=O) groups excluding carboxylic acids is 2. The van der Waals surface area contributed by atoms with Gasteiger partial charge in [-0.2, -0.15) is 0 Å². The van der Waals surface area contributed by atoms with Crippen LogP contribution in [0.2, 0.25) is 15.1 Å². The molecule has 1 N–H and O–H groups in total. The number of hydrogen-bond acceptors (Lipinski definition) is 4. The van der Waals surface area contributed by atoms with Gasteiger partial charge >= 0.3 is 0 Å². The Morgan fingerprint density at radius 1 is 0.929 bits per heavy atom. The Balaban J connectivity index is 1.73. The van der Waals surface area contributed by atoms with Crippen molar-refractivity contribution in [3.63, 3.8) is 0 Å². The third-order valence-corrected chi connectivity index (χ3v) is 10.1. The molecule has 0 aliphatic heterocycles. The number of anilines is 1. The molecule has 3 aromatic rings. The molecular weight excluding hydrogens is 617 g/mol. The van der Waals surface area contributed by atoms with E-state index in [0.29, 0.717) is 27.1 Å². The maximum Gasteiger partial charge on any atom is 0.264 e. The Hall–Kier alpha value is -2.78. The predicted molar refractivity (Wildman–Crippen MR) is 169 cm³/mol. The highest BCUT2D eigenvalue weighted by Crippen LogP contribution is 2.28. The van der Waals surface area contributed by atoms with Gasteiger partial charge in [0.1, 0.15) is 12.6 Å². The first-order valence-corrected chi connectivity index (χ1v) is 16.5. The summed E-state index contributed by atoms with van der Waals surface area (Å²) >= 11 is 18.7. The number of aryl methyl sites for hydroxylation is 1. The molecular formula is C31H34Cl3N3O4S. The standard InChI is InChI=1S/C31H34Cl3N3O4S/c1-3-29(31(39)35-25-6-4-5-7-25)36(19-22-10-11-24(33)18-28(22)34)30(38)20-37(26-14-12-23(32)13-15-26)42(40,41)27-16-8-21(2)9-17-27/h8-18,25,29H,3-7,19-20H2,1-2H3,(H,35,39)/t29-/m0/s1. The molecule has 4 rings (SSSR count). The highest BCUT2D eigenvalue weighted by Gasteiger charge is 2.34. The quantitative estimate of drug-likeness (QED) is 0.242. The Morgan fingerprint density at radius 2 is 1.55 bits per heavy atom. The maximum absolute atomic E-state index is 14.2. The zero-order chi connectivity index (χ0) is 30.4. The summed E-state index contributed by atoms with van der Waals surface area (Å²) in [4.78, 5) is 29.2. The van der Waals surface area contributed by atoms with Gasteiger partial charge in [0.2, 0.25) is 11.8 Å². The second-order valence-corrected chi connectivity index (χ2v) is 13.6. The van der Waals surface area contributed by atoms with E-state index in [1.165, 1.54) is 17.0 Å². The van der Waals surface area contributed by atoms with Crippen LogP contribution in [0, 0.1) is 6.92 Å². The normalized spacial score (nSPS) is 14.4. The summed E-state index contributed by atoms with van der Waals surface area (Å²) in [5.74, 6) is -0.831. The van der Waals surface area contributed by atoms with Crippen LogP contribution in [0.15, 0.2) is 71.6 Å². The summed E-state index contributed by atoms with van der Waals surface area (Å²) in [6.07, 6.45) is 4.17. The topological polar surface area (TPSA) is 86.8 Å². The zero-order valence-electron chi connectivity index (χ0n) is 23.5. The van der Waals surface area contributed by atoms with E-state index in [0.717, 1.165) is 35.6 Å². The number of benzene rings is 3. The summed E-state index contributed by atoms with van der Waals surface area (Å²) in [7, 11) is -4.17.